The van der Waals surface area contributed by atoms with Crippen molar-refractivity contribution in [3.05, 3.63) is 29.3 Å². The third kappa shape index (κ3) is 3.27. The van der Waals surface area contributed by atoms with Crippen LogP contribution in [0.2, 0.25) is 0 Å². The van der Waals surface area contributed by atoms with Gasteiger partial charge < -0.3 is 9.64 Å². The summed E-state index contributed by atoms with van der Waals surface area (Å²) < 4.78 is 5.76. The van der Waals surface area contributed by atoms with Crippen molar-refractivity contribution in [2.45, 2.75) is 38.1 Å². The molecule has 2 rings (SSSR count). The molecular weight excluding hydrogens is 290 g/mol. The van der Waals surface area contributed by atoms with E-state index in [1.807, 2.05) is 0 Å². The third-order valence-corrected chi connectivity index (χ3v) is 4.22. The Morgan fingerprint density at radius 1 is 1.44 bits per heavy atom. The molecule has 1 aromatic carbocycles. The smallest absolute Gasteiger partial charge is 0.0750 e. The lowest BCUT2D eigenvalue weighted by atomic mass is 10.0. The first-order valence-corrected chi connectivity index (χ1v) is 7.88. The summed E-state index contributed by atoms with van der Waals surface area (Å²) >= 11 is 3.53. The summed E-state index contributed by atoms with van der Waals surface area (Å²) in [6.07, 6.45) is 2.83. The minimum Gasteiger partial charge on any atom is -0.377 e. The van der Waals surface area contributed by atoms with Crippen LogP contribution in [0.5, 0.6) is 0 Å². The molecule has 0 N–H and O–H groups in total. The number of ether oxygens (including phenoxy) is 1. The molecule has 0 aliphatic carbocycles. The van der Waals surface area contributed by atoms with Crippen molar-refractivity contribution in [2.75, 3.05) is 24.6 Å². The number of aryl methyl sites for hydroxylation is 1. The van der Waals surface area contributed by atoms with E-state index < -0.39 is 0 Å². The van der Waals surface area contributed by atoms with E-state index in [2.05, 4.69) is 52.9 Å². The summed E-state index contributed by atoms with van der Waals surface area (Å²) in [6, 6.07) is 6.76. The maximum absolute atomic E-state index is 5.76. The molecule has 1 aliphatic heterocycles. The van der Waals surface area contributed by atoms with Gasteiger partial charge in [0.2, 0.25) is 0 Å². The average molecular weight is 312 g/mol. The molecular formula is C15H22BrNO. The van der Waals surface area contributed by atoms with Gasteiger partial charge in [0, 0.05) is 30.7 Å². The lowest BCUT2D eigenvalue weighted by Gasteiger charge is -2.34. The van der Waals surface area contributed by atoms with Gasteiger partial charge >= 0.3 is 0 Å². The molecule has 0 radical (unpaired) electrons. The first-order chi connectivity index (χ1) is 8.74. The van der Waals surface area contributed by atoms with Gasteiger partial charge in [-0.3, -0.25) is 0 Å². The van der Waals surface area contributed by atoms with Crippen LogP contribution in [0.25, 0.3) is 0 Å². The molecule has 1 aromatic rings. The lowest BCUT2D eigenvalue weighted by Crippen LogP contribution is -2.39. The Hall–Kier alpha value is -0.540. The van der Waals surface area contributed by atoms with E-state index in [0.29, 0.717) is 6.10 Å². The van der Waals surface area contributed by atoms with Crippen LogP contribution < -0.4 is 4.90 Å². The fourth-order valence-electron chi connectivity index (χ4n) is 2.57. The number of hydrogen-bond acceptors (Lipinski definition) is 2. The molecule has 3 heteroatoms. The van der Waals surface area contributed by atoms with E-state index in [1.165, 1.54) is 29.7 Å². The van der Waals surface area contributed by atoms with Crippen molar-refractivity contribution in [3.8, 4) is 0 Å². The van der Waals surface area contributed by atoms with E-state index in [-0.39, 0.29) is 0 Å². The molecule has 1 unspecified atom stereocenters. The van der Waals surface area contributed by atoms with Gasteiger partial charge in [0.1, 0.15) is 0 Å². The van der Waals surface area contributed by atoms with Crippen LogP contribution in [0.15, 0.2) is 18.2 Å². The number of halogens is 1. The van der Waals surface area contributed by atoms with Crippen LogP contribution >= 0.6 is 15.9 Å². The Morgan fingerprint density at radius 2 is 2.28 bits per heavy atom. The van der Waals surface area contributed by atoms with Gasteiger partial charge in [-0.2, -0.15) is 0 Å². The van der Waals surface area contributed by atoms with Gasteiger partial charge in [0.25, 0.3) is 0 Å². The van der Waals surface area contributed by atoms with Gasteiger partial charge in [0.15, 0.2) is 0 Å². The standard InChI is InChI=1S/C15H22BrNO/c1-3-18-15-5-4-8-17(11-15)14-7-6-13(10-16)12(2)9-14/h6-7,9,15H,3-5,8,10-11H2,1-2H3. The maximum Gasteiger partial charge on any atom is 0.0750 e. The van der Waals surface area contributed by atoms with Gasteiger partial charge in [-0.05, 0) is 49.9 Å². The minimum absolute atomic E-state index is 0.403. The van der Waals surface area contributed by atoms with Crippen molar-refractivity contribution >= 4 is 21.6 Å². The largest absolute Gasteiger partial charge is 0.377 e. The van der Waals surface area contributed by atoms with E-state index >= 15 is 0 Å². The molecule has 1 heterocycles. The first-order valence-electron chi connectivity index (χ1n) is 6.76. The summed E-state index contributed by atoms with van der Waals surface area (Å²) in [6.45, 7) is 7.26. The highest BCUT2D eigenvalue weighted by molar-refractivity contribution is 9.08. The first kappa shape index (κ1) is 13.9. The predicted molar refractivity (Wildman–Crippen MR) is 80.7 cm³/mol. The van der Waals surface area contributed by atoms with Gasteiger partial charge in [-0.15, -0.1) is 0 Å². The molecule has 1 aliphatic rings. The fourth-order valence-corrected chi connectivity index (χ4v) is 3.20. The summed E-state index contributed by atoms with van der Waals surface area (Å²) in [5.41, 5.74) is 4.07. The molecule has 1 atom stereocenters. The lowest BCUT2D eigenvalue weighted by molar-refractivity contribution is 0.0527. The zero-order valence-corrected chi connectivity index (χ0v) is 12.9. The molecule has 0 spiro atoms. The number of hydrogen-bond donors (Lipinski definition) is 0. The summed E-state index contributed by atoms with van der Waals surface area (Å²) in [7, 11) is 0. The Kier molecular flexibility index (Phi) is 5.07. The normalized spacial score (nSPS) is 20.2. The van der Waals surface area contributed by atoms with Crippen LogP contribution in [-0.2, 0) is 10.1 Å². The second-order valence-electron chi connectivity index (χ2n) is 4.91. The predicted octanol–water partition coefficient (Wildman–Crippen LogP) is 3.90. The maximum atomic E-state index is 5.76. The van der Waals surface area contributed by atoms with Crippen molar-refractivity contribution < 1.29 is 4.74 Å². The van der Waals surface area contributed by atoms with Crippen LogP contribution in [0, 0.1) is 6.92 Å². The molecule has 1 fully saturated rings. The summed E-state index contributed by atoms with van der Waals surface area (Å²) in [4.78, 5) is 2.45. The second-order valence-corrected chi connectivity index (χ2v) is 5.47. The molecule has 2 nitrogen and oxygen atoms in total. The quantitative estimate of drug-likeness (QED) is 0.782. The van der Waals surface area contributed by atoms with E-state index in [9.17, 15) is 0 Å². The van der Waals surface area contributed by atoms with Crippen molar-refractivity contribution in [2.24, 2.45) is 0 Å². The number of benzene rings is 1. The summed E-state index contributed by atoms with van der Waals surface area (Å²) in [5, 5.41) is 0.931. The fraction of sp³-hybridized carbons (Fsp3) is 0.600. The third-order valence-electron chi connectivity index (χ3n) is 3.62. The Balaban J connectivity index is 2.08. The molecule has 0 aromatic heterocycles. The van der Waals surface area contributed by atoms with Crippen molar-refractivity contribution in [1.82, 2.24) is 0 Å². The van der Waals surface area contributed by atoms with Crippen LogP contribution in [0.3, 0.4) is 0 Å². The molecule has 100 valence electrons. The van der Waals surface area contributed by atoms with Crippen molar-refractivity contribution in [3.63, 3.8) is 0 Å². The Morgan fingerprint density at radius 3 is 2.94 bits per heavy atom. The van der Waals surface area contributed by atoms with Crippen LogP contribution in [0.1, 0.15) is 30.9 Å². The van der Waals surface area contributed by atoms with E-state index in [1.54, 1.807) is 0 Å². The molecule has 18 heavy (non-hydrogen) atoms. The number of rotatable bonds is 4. The highest BCUT2D eigenvalue weighted by Gasteiger charge is 2.20. The number of alkyl halides is 1. The Labute approximate surface area is 118 Å². The number of anilines is 1. The monoisotopic (exact) mass is 311 g/mol. The average Bonchev–Trinajstić information content (AvgIpc) is 2.39. The summed E-state index contributed by atoms with van der Waals surface area (Å²) in [5.74, 6) is 0. The molecule has 1 saturated heterocycles. The van der Waals surface area contributed by atoms with Crippen molar-refractivity contribution in [1.29, 1.82) is 0 Å². The molecule has 0 bridgehead atoms. The zero-order chi connectivity index (χ0) is 13.0. The minimum atomic E-state index is 0.403. The van der Waals surface area contributed by atoms with Crippen LogP contribution in [-0.4, -0.2) is 25.8 Å². The number of piperidine rings is 1. The highest BCUT2D eigenvalue weighted by atomic mass is 79.9. The topological polar surface area (TPSA) is 12.5 Å². The van der Waals surface area contributed by atoms with Gasteiger partial charge in [-0.25, -0.2) is 0 Å². The highest BCUT2D eigenvalue weighted by Crippen LogP contribution is 2.24. The van der Waals surface area contributed by atoms with E-state index in [4.69, 9.17) is 4.74 Å². The van der Waals surface area contributed by atoms with Crippen LogP contribution in [0.4, 0.5) is 5.69 Å². The van der Waals surface area contributed by atoms with Gasteiger partial charge in [-0.1, -0.05) is 22.0 Å². The number of nitrogens with zero attached hydrogens (tertiary/aromatic N) is 1. The molecule has 0 amide bonds. The second kappa shape index (κ2) is 6.58. The van der Waals surface area contributed by atoms with E-state index in [0.717, 1.165) is 25.0 Å². The Bertz CT molecular complexity index is 392. The zero-order valence-electron chi connectivity index (χ0n) is 11.3. The SMILES string of the molecule is CCOC1CCCN(c2ccc(CBr)c(C)c2)C1. The molecule has 0 saturated carbocycles. The van der Waals surface area contributed by atoms with Gasteiger partial charge in [0.05, 0.1) is 6.10 Å².